The Kier molecular flexibility index (Phi) is 5.60. The van der Waals surface area contributed by atoms with Gasteiger partial charge in [-0.2, -0.15) is 0 Å². The number of hydrogen-bond donors (Lipinski definition) is 1. The highest BCUT2D eigenvalue weighted by atomic mass is 16.5. The molecule has 3 rings (SSSR count). The largest absolute Gasteiger partial charge is 0.508 e. The second-order valence-corrected chi connectivity index (χ2v) is 6.38. The Labute approximate surface area is 157 Å². The number of aromatic hydroxyl groups is 1. The average Bonchev–Trinajstić information content (AvgIpc) is 2.64. The van der Waals surface area contributed by atoms with Gasteiger partial charge in [-0.25, -0.2) is 0 Å². The molecule has 0 amide bonds. The number of phenolic OH excluding ortho intramolecular Hbond substituents is 1. The number of phenols is 1. The van der Waals surface area contributed by atoms with Crippen molar-refractivity contribution >= 4 is 33.5 Å². The average molecular weight is 366 g/mol. The van der Waals surface area contributed by atoms with Gasteiger partial charge in [0, 0.05) is 34.4 Å². The second-order valence-electron chi connectivity index (χ2n) is 6.38. The van der Waals surface area contributed by atoms with Gasteiger partial charge in [-0.05, 0) is 31.0 Å². The van der Waals surface area contributed by atoms with E-state index in [9.17, 15) is 14.7 Å². The monoisotopic (exact) mass is 366 g/mol. The maximum atomic E-state index is 12.2. The first-order chi connectivity index (χ1) is 13.0. The van der Waals surface area contributed by atoms with E-state index in [-0.39, 0.29) is 17.7 Å². The van der Waals surface area contributed by atoms with Crippen molar-refractivity contribution in [2.75, 3.05) is 0 Å². The van der Waals surface area contributed by atoms with Gasteiger partial charge in [-0.1, -0.05) is 38.1 Å². The minimum atomic E-state index is -0.344. The molecule has 5 nitrogen and oxygen atoms in total. The highest BCUT2D eigenvalue weighted by molar-refractivity contribution is 6.13. The topological polar surface area (TPSA) is 72.8 Å². The molecule has 3 aromatic carbocycles. The number of fused-ring (bicyclic) bond motifs is 2. The van der Waals surface area contributed by atoms with Crippen molar-refractivity contribution in [1.29, 1.82) is 0 Å². The van der Waals surface area contributed by atoms with E-state index < -0.39 is 0 Å². The Bertz CT molecular complexity index is 1010. The van der Waals surface area contributed by atoms with E-state index in [2.05, 4.69) is 0 Å². The van der Waals surface area contributed by atoms with Crippen LogP contribution in [-0.4, -0.2) is 17.0 Å². The Morgan fingerprint density at radius 2 is 1.26 bits per heavy atom. The fourth-order valence-electron chi connectivity index (χ4n) is 3.05. The summed E-state index contributed by atoms with van der Waals surface area (Å²) < 4.78 is 11.3. The van der Waals surface area contributed by atoms with E-state index in [1.165, 1.54) is 12.1 Å². The lowest BCUT2D eigenvalue weighted by Gasteiger charge is -2.16. The number of hydrogen-bond acceptors (Lipinski definition) is 5. The van der Waals surface area contributed by atoms with Gasteiger partial charge in [0.1, 0.15) is 17.2 Å². The van der Waals surface area contributed by atoms with Crippen LogP contribution in [0, 0.1) is 0 Å². The maximum absolute atomic E-state index is 12.2. The van der Waals surface area contributed by atoms with Crippen LogP contribution in [0.5, 0.6) is 17.2 Å². The molecule has 0 radical (unpaired) electrons. The molecule has 0 unspecified atom stereocenters. The molecule has 0 aliphatic carbocycles. The van der Waals surface area contributed by atoms with Crippen molar-refractivity contribution < 1.29 is 24.2 Å². The summed E-state index contributed by atoms with van der Waals surface area (Å²) >= 11 is 0. The summed E-state index contributed by atoms with van der Waals surface area (Å²) in [5.41, 5.74) is 0. The number of rotatable bonds is 6. The van der Waals surface area contributed by atoms with E-state index in [1.807, 2.05) is 38.1 Å². The van der Waals surface area contributed by atoms with Gasteiger partial charge in [0.25, 0.3) is 0 Å². The number of benzene rings is 3. The van der Waals surface area contributed by atoms with Gasteiger partial charge in [0.05, 0.1) is 0 Å². The first-order valence-electron chi connectivity index (χ1n) is 9.14. The van der Waals surface area contributed by atoms with E-state index >= 15 is 0 Å². The van der Waals surface area contributed by atoms with Crippen LogP contribution in [0.2, 0.25) is 0 Å². The standard InChI is InChI=1S/C22H22O5/c1-3-7-19(24)26-21-15-9-5-6-10-16(15)22(27-20(25)8-4-2)18-13-14(23)11-12-17(18)21/h5-6,9-13,23H,3-4,7-8H2,1-2H3. The molecule has 3 aromatic rings. The molecule has 0 aliphatic heterocycles. The molecular formula is C22H22O5. The van der Waals surface area contributed by atoms with Gasteiger partial charge in [0.15, 0.2) is 0 Å². The van der Waals surface area contributed by atoms with E-state index in [0.717, 1.165) is 0 Å². The molecule has 0 saturated carbocycles. The second kappa shape index (κ2) is 8.08. The Morgan fingerprint density at radius 1 is 0.778 bits per heavy atom. The van der Waals surface area contributed by atoms with Crippen LogP contribution >= 0.6 is 0 Å². The van der Waals surface area contributed by atoms with Crippen molar-refractivity contribution in [3.63, 3.8) is 0 Å². The van der Waals surface area contributed by atoms with E-state index in [4.69, 9.17) is 9.47 Å². The summed E-state index contributed by atoms with van der Waals surface area (Å²) in [4.78, 5) is 24.3. The molecule has 0 spiro atoms. The molecule has 0 aliphatic rings. The lowest BCUT2D eigenvalue weighted by Crippen LogP contribution is -2.10. The zero-order chi connectivity index (χ0) is 19.4. The minimum absolute atomic E-state index is 0.0383. The fourth-order valence-corrected chi connectivity index (χ4v) is 3.05. The number of esters is 2. The van der Waals surface area contributed by atoms with Gasteiger partial charge in [-0.3, -0.25) is 9.59 Å². The zero-order valence-corrected chi connectivity index (χ0v) is 15.5. The lowest BCUT2D eigenvalue weighted by atomic mass is 10.00. The van der Waals surface area contributed by atoms with Crippen LogP contribution in [0.15, 0.2) is 42.5 Å². The summed E-state index contributed by atoms with van der Waals surface area (Å²) in [6.07, 6.45) is 1.96. The van der Waals surface area contributed by atoms with E-state index in [1.54, 1.807) is 6.07 Å². The number of ether oxygens (including phenoxy) is 2. The SMILES string of the molecule is CCCC(=O)Oc1c2ccccc2c(OC(=O)CCC)c2cc(O)ccc12. The Balaban J connectivity index is 2.29. The van der Waals surface area contributed by atoms with Gasteiger partial charge in [0.2, 0.25) is 0 Å². The third-order valence-corrected chi connectivity index (χ3v) is 4.25. The summed E-state index contributed by atoms with van der Waals surface area (Å²) in [7, 11) is 0. The lowest BCUT2D eigenvalue weighted by molar-refractivity contribution is -0.135. The summed E-state index contributed by atoms with van der Waals surface area (Å²) in [6, 6.07) is 12.0. The van der Waals surface area contributed by atoms with Crippen LogP contribution in [0.3, 0.4) is 0 Å². The summed E-state index contributed by atoms with van der Waals surface area (Å²) in [5, 5.41) is 12.4. The molecule has 0 aromatic heterocycles. The van der Waals surface area contributed by atoms with Crippen LogP contribution in [-0.2, 0) is 9.59 Å². The molecule has 0 saturated heterocycles. The molecule has 140 valence electrons. The number of carbonyl (C=O) groups excluding carboxylic acids is 2. The fraction of sp³-hybridized carbons (Fsp3) is 0.273. The first-order valence-corrected chi connectivity index (χ1v) is 9.14. The highest BCUT2D eigenvalue weighted by Crippen LogP contribution is 2.44. The molecule has 5 heteroatoms. The summed E-state index contributed by atoms with van der Waals surface area (Å²) in [6.45, 7) is 3.81. The van der Waals surface area contributed by atoms with Crippen LogP contribution in [0.4, 0.5) is 0 Å². The number of carbonyl (C=O) groups is 2. The smallest absolute Gasteiger partial charge is 0.311 e. The van der Waals surface area contributed by atoms with E-state index in [0.29, 0.717) is 58.7 Å². The normalized spacial score (nSPS) is 10.9. The molecular weight excluding hydrogens is 344 g/mol. The molecule has 0 bridgehead atoms. The third-order valence-electron chi connectivity index (χ3n) is 4.25. The van der Waals surface area contributed by atoms with Crippen LogP contribution in [0.1, 0.15) is 39.5 Å². The first kappa shape index (κ1) is 18.7. The van der Waals surface area contributed by atoms with Crippen LogP contribution < -0.4 is 9.47 Å². The van der Waals surface area contributed by atoms with Crippen LogP contribution in [0.25, 0.3) is 21.5 Å². The molecule has 27 heavy (non-hydrogen) atoms. The van der Waals surface area contributed by atoms with Gasteiger partial charge in [-0.15, -0.1) is 0 Å². The van der Waals surface area contributed by atoms with Crippen molar-refractivity contribution in [3.8, 4) is 17.2 Å². The third kappa shape index (κ3) is 3.87. The maximum Gasteiger partial charge on any atom is 0.311 e. The quantitative estimate of drug-likeness (QED) is 0.373. The summed E-state index contributed by atoms with van der Waals surface area (Å²) in [5.74, 6) is 0.145. The van der Waals surface area contributed by atoms with Crippen molar-refractivity contribution in [2.45, 2.75) is 39.5 Å². The Hall–Kier alpha value is -3.08. The molecule has 0 atom stereocenters. The van der Waals surface area contributed by atoms with Crippen molar-refractivity contribution in [2.24, 2.45) is 0 Å². The van der Waals surface area contributed by atoms with Crippen molar-refractivity contribution in [3.05, 3.63) is 42.5 Å². The highest BCUT2D eigenvalue weighted by Gasteiger charge is 2.20. The Morgan fingerprint density at radius 3 is 1.78 bits per heavy atom. The molecule has 0 heterocycles. The van der Waals surface area contributed by atoms with Crippen molar-refractivity contribution in [1.82, 2.24) is 0 Å². The zero-order valence-electron chi connectivity index (χ0n) is 15.5. The minimum Gasteiger partial charge on any atom is -0.508 e. The van der Waals surface area contributed by atoms with Gasteiger partial charge >= 0.3 is 11.9 Å². The molecule has 0 fully saturated rings. The predicted octanol–water partition coefficient (Wildman–Crippen LogP) is 5.11. The molecule has 1 N–H and O–H groups in total. The van der Waals surface area contributed by atoms with Gasteiger partial charge < -0.3 is 14.6 Å². The predicted molar refractivity (Wildman–Crippen MR) is 104 cm³/mol.